The molecule has 0 radical (unpaired) electrons. The third-order valence-corrected chi connectivity index (χ3v) is 5.73. The second kappa shape index (κ2) is 8.63. The number of aromatic nitrogens is 3. The predicted molar refractivity (Wildman–Crippen MR) is 109 cm³/mol. The van der Waals surface area contributed by atoms with Crippen LogP contribution < -0.4 is 10.0 Å². The summed E-state index contributed by atoms with van der Waals surface area (Å²) in [5.74, 6) is 1.01. The SMILES string of the molecule is Cc1nc(-c2ccc(NC(=O)CCNS(=O)(=O)c3cccc(Br)c3)cc2)n[nH]1. The van der Waals surface area contributed by atoms with E-state index in [0.717, 1.165) is 11.4 Å². The first-order valence-corrected chi connectivity index (χ1v) is 10.7. The molecule has 1 heterocycles. The summed E-state index contributed by atoms with van der Waals surface area (Å²) in [7, 11) is -3.66. The standard InChI is InChI=1S/C18H18BrN5O3S/c1-12-21-18(24-23-12)13-5-7-15(8-6-13)22-17(25)9-10-20-28(26,27)16-4-2-3-14(19)11-16/h2-8,11,20H,9-10H2,1H3,(H,22,25)(H,21,23,24). The lowest BCUT2D eigenvalue weighted by molar-refractivity contribution is -0.116. The summed E-state index contributed by atoms with van der Waals surface area (Å²) in [4.78, 5) is 16.4. The zero-order valence-electron chi connectivity index (χ0n) is 14.9. The summed E-state index contributed by atoms with van der Waals surface area (Å²) < 4.78 is 27.5. The molecule has 3 N–H and O–H groups in total. The number of halogens is 1. The van der Waals surface area contributed by atoms with E-state index in [4.69, 9.17) is 0 Å². The molecule has 2 aromatic carbocycles. The Morgan fingerprint density at radius 2 is 1.93 bits per heavy atom. The van der Waals surface area contributed by atoms with Crippen LogP contribution in [-0.2, 0) is 14.8 Å². The Bertz CT molecular complexity index is 1080. The molecule has 0 spiro atoms. The highest BCUT2D eigenvalue weighted by Crippen LogP contribution is 2.18. The summed E-state index contributed by atoms with van der Waals surface area (Å²) in [5, 5.41) is 9.58. The van der Waals surface area contributed by atoms with Crippen molar-refractivity contribution < 1.29 is 13.2 Å². The largest absolute Gasteiger partial charge is 0.326 e. The average Bonchev–Trinajstić information content (AvgIpc) is 3.08. The Labute approximate surface area is 171 Å². The van der Waals surface area contributed by atoms with Crippen LogP contribution in [0.4, 0.5) is 5.69 Å². The fraction of sp³-hybridized carbons (Fsp3) is 0.167. The fourth-order valence-corrected chi connectivity index (χ4v) is 4.04. The fourth-order valence-electron chi connectivity index (χ4n) is 2.41. The van der Waals surface area contributed by atoms with Crippen molar-refractivity contribution in [3.8, 4) is 11.4 Å². The molecule has 0 aliphatic heterocycles. The monoisotopic (exact) mass is 463 g/mol. The number of aromatic amines is 1. The van der Waals surface area contributed by atoms with Gasteiger partial charge in [0.1, 0.15) is 5.82 Å². The molecule has 0 saturated heterocycles. The topological polar surface area (TPSA) is 117 Å². The molecule has 0 fully saturated rings. The summed E-state index contributed by atoms with van der Waals surface area (Å²) in [6, 6.07) is 13.4. The van der Waals surface area contributed by atoms with Crippen LogP contribution in [0.1, 0.15) is 12.2 Å². The van der Waals surface area contributed by atoms with Gasteiger partial charge in [0.2, 0.25) is 15.9 Å². The zero-order chi connectivity index (χ0) is 20.1. The molecule has 3 rings (SSSR count). The quantitative estimate of drug-likeness (QED) is 0.497. The third-order valence-electron chi connectivity index (χ3n) is 3.77. The van der Waals surface area contributed by atoms with Crippen LogP contribution in [0.5, 0.6) is 0 Å². The number of benzene rings is 2. The van der Waals surface area contributed by atoms with E-state index in [9.17, 15) is 13.2 Å². The normalized spacial score (nSPS) is 11.4. The molecule has 146 valence electrons. The van der Waals surface area contributed by atoms with Gasteiger partial charge >= 0.3 is 0 Å². The second-order valence-corrected chi connectivity index (χ2v) is 8.66. The molecule has 1 aromatic heterocycles. The number of sulfonamides is 1. The minimum atomic E-state index is -3.66. The van der Waals surface area contributed by atoms with Crippen LogP contribution in [0.3, 0.4) is 0 Å². The van der Waals surface area contributed by atoms with Gasteiger partial charge < -0.3 is 5.32 Å². The van der Waals surface area contributed by atoms with E-state index in [0.29, 0.717) is 16.0 Å². The Balaban J connectivity index is 1.52. The van der Waals surface area contributed by atoms with Crippen LogP contribution in [0.15, 0.2) is 57.9 Å². The van der Waals surface area contributed by atoms with Crippen LogP contribution in [-0.4, -0.2) is 36.1 Å². The molecule has 0 saturated carbocycles. The Morgan fingerprint density at radius 3 is 2.57 bits per heavy atom. The molecule has 1 amide bonds. The number of hydrogen-bond acceptors (Lipinski definition) is 5. The number of rotatable bonds is 7. The molecule has 0 atom stereocenters. The number of amides is 1. The van der Waals surface area contributed by atoms with Crippen LogP contribution in [0, 0.1) is 6.92 Å². The highest BCUT2D eigenvalue weighted by molar-refractivity contribution is 9.10. The van der Waals surface area contributed by atoms with Crippen LogP contribution >= 0.6 is 15.9 Å². The summed E-state index contributed by atoms with van der Waals surface area (Å²) in [5.41, 5.74) is 1.43. The Hall–Kier alpha value is -2.56. The van der Waals surface area contributed by atoms with Gasteiger partial charge in [-0.15, -0.1) is 0 Å². The highest BCUT2D eigenvalue weighted by atomic mass is 79.9. The summed E-state index contributed by atoms with van der Waals surface area (Å²) >= 11 is 3.24. The molecule has 28 heavy (non-hydrogen) atoms. The van der Waals surface area contributed by atoms with E-state index in [2.05, 4.69) is 41.2 Å². The molecule has 0 unspecified atom stereocenters. The number of H-pyrrole nitrogens is 1. The molecular weight excluding hydrogens is 446 g/mol. The molecule has 8 nitrogen and oxygen atoms in total. The van der Waals surface area contributed by atoms with Crippen molar-refractivity contribution in [2.45, 2.75) is 18.2 Å². The van der Waals surface area contributed by atoms with Crippen LogP contribution in [0.2, 0.25) is 0 Å². The van der Waals surface area contributed by atoms with Crippen molar-refractivity contribution >= 4 is 37.5 Å². The Morgan fingerprint density at radius 1 is 1.18 bits per heavy atom. The lowest BCUT2D eigenvalue weighted by Gasteiger charge is -2.08. The van der Waals surface area contributed by atoms with E-state index < -0.39 is 10.0 Å². The zero-order valence-corrected chi connectivity index (χ0v) is 17.3. The van der Waals surface area contributed by atoms with Gasteiger partial charge in [0.15, 0.2) is 5.82 Å². The number of carbonyl (C=O) groups is 1. The minimum Gasteiger partial charge on any atom is -0.326 e. The molecule has 10 heteroatoms. The van der Waals surface area contributed by atoms with Crippen LogP contribution in [0.25, 0.3) is 11.4 Å². The van der Waals surface area contributed by atoms with E-state index in [1.165, 1.54) is 12.1 Å². The number of aryl methyl sites for hydroxylation is 1. The van der Waals surface area contributed by atoms with Crippen molar-refractivity contribution in [3.63, 3.8) is 0 Å². The van der Waals surface area contributed by atoms with Gasteiger partial charge in [-0.2, -0.15) is 5.10 Å². The van der Waals surface area contributed by atoms with Gasteiger partial charge in [-0.05, 0) is 49.4 Å². The van der Waals surface area contributed by atoms with Crippen molar-refractivity contribution in [2.24, 2.45) is 0 Å². The first kappa shape index (κ1) is 20.2. The minimum absolute atomic E-state index is 0.00473. The Kier molecular flexibility index (Phi) is 6.22. The maximum atomic E-state index is 12.2. The lowest BCUT2D eigenvalue weighted by atomic mass is 10.2. The highest BCUT2D eigenvalue weighted by Gasteiger charge is 2.14. The maximum Gasteiger partial charge on any atom is 0.240 e. The summed E-state index contributed by atoms with van der Waals surface area (Å²) in [6.45, 7) is 1.81. The number of carbonyl (C=O) groups excluding carboxylic acids is 1. The smallest absolute Gasteiger partial charge is 0.240 e. The molecular formula is C18H18BrN5O3S. The summed E-state index contributed by atoms with van der Waals surface area (Å²) in [6.07, 6.45) is 0.00903. The van der Waals surface area contributed by atoms with E-state index in [1.807, 2.05) is 6.92 Å². The number of nitrogens with one attached hydrogen (secondary N) is 3. The average molecular weight is 464 g/mol. The van der Waals surface area contributed by atoms with E-state index >= 15 is 0 Å². The predicted octanol–water partition coefficient (Wildman–Crippen LogP) is 2.85. The van der Waals surface area contributed by atoms with Gasteiger partial charge in [-0.1, -0.05) is 22.0 Å². The van der Waals surface area contributed by atoms with Crippen molar-refractivity contribution in [3.05, 3.63) is 58.8 Å². The number of nitrogens with zero attached hydrogens (tertiary/aromatic N) is 2. The van der Waals surface area contributed by atoms with Gasteiger partial charge in [-0.3, -0.25) is 9.89 Å². The van der Waals surface area contributed by atoms with Gasteiger partial charge in [0.25, 0.3) is 0 Å². The molecule has 0 aliphatic carbocycles. The molecule has 0 aliphatic rings. The van der Waals surface area contributed by atoms with Crippen molar-refractivity contribution in [1.82, 2.24) is 19.9 Å². The number of hydrogen-bond donors (Lipinski definition) is 3. The first-order valence-electron chi connectivity index (χ1n) is 8.38. The van der Waals surface area contributed by atoms with Crippen molar-refractivity contribution in [1.29, 1.82) is 0 Å². The molecule has 0 bridgehead atoms. The maximum absolute atomic E-state index is 12.2. The lowest BCUT2D eigenvalue weighted by Crippen LogP contribution is -2.27. The first-order chi connectivity index (χ1) is 13.3. The van der Waals surface area contributed by atoms with E-state index in [-0.39, 0.29) is 23.8 Å². The molecule has 3 aromatic rings. The van der Waals surface area contributed by atoms with Gasteiger partial charge in [0.05, 0.1) is 4.90 Å². The number of anilines is 1. The van der Waals surface area contributed by atoms with E-state index in [1.54, 1.807) is 36.4 Å². The second-order valence-electron chi connectivity index (χ2n) is 5.98. The third kappa shape index (κ3) is 5.24. The van der Waals surface area contributed by atoms with Gasteiger partial charge in [-0.25, -0.2) is 18.1 Å². The van der Waals surface area contributed by atoms with Crippen molar-refractivity contribution in [2.75, 3.05) is 11.9 Å². The van der Waals surface area contributed by atoms with Gasteiger partial charge in [0, 0.05) is 28.7 Å².